The highest BCUT2D eigenvalue weighted by Gasteiger charge is 2.22. The van der Waals surface area contributed by atoms with Crippen molar-refractivity contribution in [3.05, 3.63) is 51.9 Å². The Kier molecular flexibility index (Phi) is 4.02. The van der Waals surface area contributed by atoms with Crippen LogP contribution in [0.1, 0.15) is 18.9 Å². The molecule has 0 spiro atoms. The van der Waals surface area contributed by atoms with Crippen molar-refractivity contribution in [2.24, 2.45) is 0 Å². The van der Waals surface area contributed by atoms with Crippen LogP contribution < -0.4 is 15.3 Å². The smallest absolute Gasteiger partial charge is 0.352 e. The van der Waals surface area contributed by atoms with Crippen molar-refractivity contribution in [2.75, 3.05) is 11.9 Å². The summed E-state index contributed by atoms with van der Waals surface area (Å²) in [4.78, 5) is 18.0. The van der Waals surface area contributed by atoms with Crippen molar-refractivity contribution >= 4 is 5.82 Å². The average Bonchev–Trinajstić information content (AvgIpc) is 2.52. The summed E-state index contributed by atoms with van der Waals surface area (Å²) in [7, 11) is 1.91. The molecule has 1 aliphatic rings. The van der Waals surface area contributed by atoms with Crippen LogP contribution in [-0.2, 0) is 13.2 Å². The first-order chi connectivity index (χ1) is 11.0. The summed E-state index contributed by atoms with van der Waals surface area (Å²) in [5, 5.41) is 0. The number of halogens is 2. The first kappa shape index (κ1) is 15.5. The van der Waals surface area contributed by atoms with Gasteiger partial charge in [0.2, 0.25) is 5.88 Å². The van der Waals surface area contributed by atoms with Crippen molar-refractivity contribution in [3.63, 3.8) is 0 Å². The van der Waals surface area contributed by atoms with E-state index in [1.165, 1.54) is 6.07 Å². The van der Waals surface area contributed by atoms with Gasteiger partial charge < -0.3 is 9.64 Å². The summed E-state index contributed by atoms with van der Waals surface area (Å²) in [6, 6.07) is 5.54. The van der Waals surface area contributed by atoms with Crippen LogP contribution in [0.5, 0.6) is 5.88 Å². The van der Waals surface area contributed by atoms with Crippen molar-refractivity contribution in [2.45, 2.75) is 32.5 Å². The number of aromatic nitrogens is 2. The van der Waals surface area contributed by atoms with Crippen molar-refractivity contribution in [1.29, 1.82) is 0 Å². The molecule has 1 aromatic carbocycles. The van der Waals surface area contributed by atoms with Crippen LogP contribution in [-0.4, -0.2) is 22.6 Å². The van der Waals surface area contributed by atoms with Gasteiger partial charge >= 0.3 is 5.69 Å². The second-order valence-corrected chi connectivity index (χ2v) is 5.67. The van der Waals surface area contributed by atoms with Gasteiger partial charge in [0, 0.05) is 25.7 Å². The van der Waals surface area contributed by atoms with Gasteiger partial charge in [-0.05, 0) is 31.0 Å². The predicted molar refractivity (Wildman–Crippen MR) is 81.7 cm³/mol. The normalized spacial score (nSPS) is 17.0. The molecule has 0 fully saturated rings. The Morgan fingerprint density at radius 1 is 1.30 bits per heavy atom. The van der Waals surface area contributed by atoms with E-state index in [1.54, 1.807) is 10.6 Å². The molecule has 0 bridgehead atoms. The molecule has 0 aliphatic carbocycles. The quantitative estimate of drug-likeness (QED) is 0.870. The minimum Gasteiger partial charge on any atom is -0.473 e. The molecule has 7 heteroatoms. The Labute approximate surface area is 132 Å². The Hall–Kier alpha value is -2.44. The van der Waals surface area contributed by atoms with Crippen molar-refractivity contribution in [3.8, 4) is 5.88 Å². The maximum absolute atomic E-state index is 13.2. The minimum absolute atomic E-state index is 0.00631. The summed E-state index contributed by atoms with van der Waals surface area (Å²) in [5.41, 5.74) is 0.0896. The van der Waals surface area contributed by atoms with E-state index in [9.17, 15) is 13.6 Å². The summed E-state index contributed by atoms with van der Waals surface area (Å²) in [6.07, 6.45) is 0.875. The monoisotopic (exact) mass is 321 g/mol. The number of fused-ring (bicyclic) bond motifs is 1. The predicted octanol–water partition coefficient (Wildman–Crippen LogP) is 2.33. The van der Waals surface area contributed by atoms with E-state index in [2.05, 4.69) is 11.9 Å². The standard InChI is InChI=1S/C16H17F2N3O2/c1-10-5-6-21-15(20(10)2)8-14(19-16(21)22)23-9-11-3-4-12(17)13(18)7-11/h3-4,7-8,10H,5-6,9H2,1-2H3/t10-/m1/s1. The first-order valence-electron chi connectivity index (χ1n) is 7.37. The topological polar surface area (TPSA) is 47.4 Å². The molecule has 23 heavy (non-hydrogen) atoms. The lowest BCUT2D eigenvalue weighted by Crippen LogP contribution is -2.41. The lowest BCUT2D eigenvalue weighted by Gasteiger charge is -2.34. The van der Waals surface area contributed by atoms with Gasteiger partial charge in [-0.15, -0.1) is 0 Å². The lowest BCUT2D eigenvalue weighted by molar-refractivity contribution is 0.289. The molecule has 1 atom stereocenters. The zero-order chi connectivity index (χ0) is 16.6. The van der Waals surface area contributed by atoms with Crippen LogP contribution in [0.15, 0.2) is 29.1 Å². The molecular weight excluding hydrogens is 304 g/mol. The highest BCUT2D eigenvalue weighted by atomic mass is 19.2. The summed E-state index contributed by atoms with van der Waals surface area (Å²) < 4.78 is 33.2. The van der Waals surface area contributed by atoms with Gasteiger partial charge in [-0.25, -0.2) is 13.6 Å². The third-order valence-corrected chi connectivity index (χ3v) is 4.13. The van der Waals surface area contributed by atoms with Gasteiger partial charge in [-0.3, -0.25) is 4.57 Å². The molecule has 0 amide bonds. The zero-order valence-electron chi connectivity index (χ0n) is 12.9. The number of nitrogens with zero attached hydrogens (tertiary/aromatic N) is 3. The van der Waals surface area contributed by atoms with Gasteiger partial charge in [-0.1, -0.05) is 6.07 Å². The van der Waals surface area contributed by atoms with Gasteiger partial charge in [0.1, 0.15) is 12.4 Å². The molecule has 1 aromatic heterocycles. The summed E-state index contributed by atoms with van der Waals surface area (Å²) in [5.74, 6) is -0.927. The third kappa shape index (κ3) is 3.04. The van der Waals surface area contributed by atoms with Crippen molar-refractivity contribution in [1.82, 2.24) is 9.55 Å². The van der Waals surface area contributed by atoms with E-state index in [-0.39, 0.29) is 18.2 Å². The highest BCUT2D eigenvalue weighted by Crippen LogP contribution is 2.24. The second-order valence-electron chi connectivity index (χ2n) is 5.67. The molecule has 3 rings (SSSR count). The molecule has 0 saturated heterocycles. The minimum atomic E-state index is -0.932. The molecular formula is C16H17F2N3O2. The average molecular weight is 321 g/mol. The van der Waals surface area contributed by atoms with E-state index in [0.29, 0.717) is 18.2 Å². The third-order valence-electron chi connectivity index (χ3n) is 4.13. The van der Waals surface area contributed by atoms with E-state index < -0.39 is 11.6 Å². The summed E-state index contributed by atoms with van der Waals surface area (Å²) in [6.45, 7) is 2.71. The fraction of sp³-hybridized carbons (Fsp3) is 0.375. The fourth-order valence-electron chi connectivity index (χ4n) is 2.57. The SMILES string of the molecule is C[C@@H]1CCn2c(cc(OCc3ccc(F)c(F)c3)nc2=O)N1C. The zero-order valence-corrected chi connectivity index (χ0v) is 12.9. The number of hydrogen-bond donors (Lipinski definition) is 0. The molecule has 0 radical (unpaired) electrons. The molecule has 5 nitrogen and oxygen atoms in total. The molecule has 0 N–H and O–H groups in total. The van der Waals surface area contributed by atoms with Gasteiger partial charge in [0.15, 0.2) is 11.6 Å². The highest BCUT2D eigenvalue weighted by molar-refractivity contribution is 5.43. The van der Waals surface area contributed by atoms with Gasteiger partial charge in [0.05, 0.1) is 0 Å². The van der Waals surface area contributed by atoms with Crippen LogP contribution in [0.25, 0.3) is 0 Å². The van der Waals surface area contributed by atoms with E-state index in [4.69, 9.17) is 4.74 Å². The van der Waals surface area contributed by atoms with Crippen LogP contribution in [0.3, 0.4) is 0 Å². The van der Waals surface area contributed by atoms with Gasteiger partial charge in [-0.2, -0.15) is 4.98 Å². The van der Waals surface area contributed by atoms with E-state index >= 15 is 0 Å². The van der Waals surface area contributed by atoms with Crippen LogP contribution in [0, 0.1) is 11.6 Å². The molecule has 0 unspecified atom stereocenters. The molecule has 1 aliphatic heterocycles. The fourth-order valence-corrected chi connectivity index (χ4v) is 2.57. The first-order valence-corrected chi connectivity index (χ1v) is 7.37. The van der Waals surface area contributed by atoms with Crippen LogP contribution in [0.2, 0.25) is 0 Å². The Balaban J connectivity index is 1.82. The molecule has 2 aromatic rings. The Morgan fingerprint density at radius 3 is 2.83 bits per heavy atom. The van der Waals surface area contributed by atoms with E-state index in [0.717, 1.165) is 24.4 Å². The van der Waals surface area contributed by atoms with Crippen LogP contribution >= 0.6 is 0 Å². The largest absolute Gasteiger partial charge is 0.473 e. The van der Waals surface area contributed by atoms with Crippen LogP contribution in [0.4, 0.5) is 14.6 Å². The lowest BCUT2D eigenvalue weighted by atomic mass is 10.1. The van der Waals surface area contributed by atoms with E-state index in [1.807, 2.05) is 11.9 Å². The molecule has 2 heterocycles. The maximum Gasteiger partial charge on any atom is 0.352 e. The summed E-state index contributed by atoms with van der Waals surface area (Å²) >= 11 is 0. The Morgan fingerprint density at radius 2 is 2.09 bits per heavy atom. The number of anilines is 1. The van der Waals surface area contributed by atoms with Crippen molar-refractivity contribution < 1.29 is 13.5 Å². The number of ether oxygens (including phenoxy) is 1. The number of rotatable bonds is 3. The second kappa shape index (κ2) is 5.98. The molecule has 0 saturated carbocycles. The molecule has 122 valence electrons. The number of hydrogen-bond acceptors (Lipinski definition) is 4. The van der Waals surface area contributed by atoms with Gasteiger partial charge in [0.25, 0.3) is 0 Å². The number of benzene rings is 1. The maximum atomic E-state index is 13.2. The Bertz CT molecular complexity index is 791.